The number of nitrogens with zero attached hydrogens (tertiary/aromatic N) is 1. The van der Waals surface area contributed by atoms with Crippen LogP contribution in [0.15, 0.2) is 23.1 Å². The van der Waals surface area contributed by atoms with Crippen LogP contribution in [0.4, 0.5) is 0 Å². The minimum absolute atomic E-state index is 0. The number of hydrogen-bond donors (Lipinski definition) is 2. The van der Waals surface area contributed by atoms with Crippen LogP contribution in [0.2, 0.25) is 0 Å². The molecule has 1 aliphatic rings. The van der Waals surface area contributed by atoms with Crippen LogP contribution in [0, 0.1) is 17.2 Å². The Morgan fingerprint density at radius 2 is 2.14 bits per heavy atom. The van der Waals surface area contributed by atoms with Crippen LogP contribution in [-0.4, -0.2) is 27.6 Å². The summed E-state index contributed by atoms with van der Waals surface area (Å²) in [6.45, 7) is 2.05. The standard InChI is InChI=1S/C14H19N3O3S.ClH/c1-14(9-16,11-4-5-11)17-21(18,19)13-6-3-10(8-15)7-12(13)20-2;/h3,6-7,11,17H,4-5,9,16H2,1-2H3;1H. The van der Waals surface area contributed by atoms with Crippen LogP contribution in [0.5, 0.6) is 5.75 Å². The maximum Gasteiger partial charge on any atom is 0.244 e. The van der Waals surface area contributed by atoms with Gasteiger partial charge in [0.1, 0.15) is 10.6 Å². The third kappa shape index (κ3) is 3.70. The Morgan fingerprint density at radius 1 is 1.50 bits per heavy atom. The van der Waals surface area contributed by atoms with E-state index in [0.717, 1.165) is 12.8 Å². The predicted octanol–water partition coefficient (Wildman–Crippen LogP) is 1.39. The summed E-state index contributed by atoms with van der Waals surface area (Å²) in [6, 6.07) is 6.19. The van der Waals surface area contributed by atoms with Crippen LogP contribution in [0.3, 0.4) is 0 Å². The van der Waals surface area contributed by atoms with Crippen LogP contribution < -0.4 is 15.2 Å². The summed E-state index contributed by atoms with van der Waals surface area (Å²) in [5.74, 6) is 0.415. The molecule has 1 atom stereocenters. The van der Waals surface area contributed by atoms with Crippen molar-refractivity contribution in [2.24, 2.45) is 11.7 Å². The topological polar surface area (TPSA) is 105 Å². The van der Waals surface area contributed by atoms with Gasteiger partial charge in [0, 0.05) is 12.1 Å². The molecule has 0 bridgehead atoms. The average molecular weight is 346 g/mol. The second-order valence-electron chi connectivity index (χ2n) is 5.48. The van der Waals surface area contributed by atoms with Crippen molar-refractivity contribution in [1.29, 1.82) is 5.26 Å². The summed E-state index contributed by atoms with van der Waals surface area (Å²) < 4.78 is 33.0. The highest BCUT2D eigenvalue weighted by Gasteiger charge is 2.43. The summed E-state index contributed by atoms with van der Waals surface area (Å²) in [4.78, 5) is 0.0179. The average Bonchev–Trinajstić information content (AvgIpc) is 3.30. The molecule has 1 unspecified atom stereocenters. The molecular weight excluding hydrogens is 326 g/mol. The van der Waals surface area contributed by atoms with Gasteiger partial charge in [-0.1, -0.05) is 0 Å². The first-order valence-corrected chi connectivity index (χ1v) is 8.17. The van der Waals surface area contributed by atoms with E-state index in [4.69, 9.17) is 15.7 Å². The van der Waals surface area contributed by atoms with Gasteiger partial charge in [-0.15, -0.1) is 12.4 Å². The predicted molar refractivity (Wildman–Crippen MR) is 85.5 cm³/mol. The second kappa shape index (κ2) is 6.84. The summed E-state index contributed by atoms with van der Waals surface area (Å²) in [7, 11) is -2.39. The lowest BCUT2D eigenvalue weighted by Gasteiger charge is -2.29. The fraction of sp³-hybridized carbons (Fsp3) is 0.500. The zero-order chi connectivity index (χ0) is 15.7. The van der Waals surface area contributed by atoms with Gasteiger partial charge in [-0.25, -0.2) is 13.1 Å². The van der Waals surface area contributed by atoms with Crippen molar-refractivity contribution in [3.63, 3.8) is 0 Å². The highest BCUT2D eigenvalue weighted by Crippen LogP contribution is 2.40. The molecular formula is C14H20ClN3O3S. The Balaban J connectivity index is 0.00000242. The highest BCUT2D eigenvalue weighted by molar-refractivity contribution is 7.89. The molecule has 122 valence electrons. The molecule has 1 fully saturated rings. The molecule has 1 aliphatic carbocycles. The molecule has 6 nitrogen and oxygen atoms in total. The van der Waals surface area contributed by atoms with E-state index in [9.17, 15) is 8.42 Å². The van der Waals surface area contributed by atoms with Crippen molar-refractivity contribution in [2.45, 2.75) is 30.2 Å². The molecule has 0 amide bonds. The fourth-order valence-electron chi connectivity index (χ4n) is 2.33. The SMILES string of the molecule is COc1cc(C#N)ccc1S(=O)(=O)NC(C)(CN)C1CC1.Cl. The lowest BCUT2D eigenvalue weighted by Crippen LogP contribution is -2.53. The van der Waals surface area contributed by atoms with Crippen LogP contribution in [0.1, 0.15) is 25.3 Å². The molecule has 1 aromatic rings. The van der Waals surface area contributed by atoms with Crippen molar-refractivity contribution in [3.8, 4) is 11.8 Å². The first-order chi connectivity index (χ1) is 9.86. The summed E-state index contributed by atoms with van der Waals surface area (Å²) in [6.07, 6.45) is 1.95. The molecule has 8 heteroatoms. The molecule has 0 spiro atoms. The van der Waals surface area contributed by atoms with Gasteiger partial charge in [0.15, 0.2) is 0 Å². The van der Waals surface area contributed by atoms with Gasteiger partial charge >= 0.3 is 0 Å². The number of rotatable bonds is 6. The summed E-state index contributed by atoms with van der Waals surface area (Å²) >= 11 is 0. The second-order valence-corrected chi connectivity index (χ2v) is 7.13. The molecule has 22 heavy (non-hydrogen) atoms. The number of sulfonamides is 1. The molecule has 0 saturated heterocycles. The molecule has 0 heterocycles. The van der Waals surface area contributed by atoms with E-state index in [1.165, 1.54) is 25.3 Å². The quantitative estimate of drug-likeness (QED) is 0.810. The van der Waals surface area contributed by atoms with E-state index in [1.54, 1.807) is 0 Å². The Bertz CT molecular complexity index is 683. The number of nitrogens with two attached hydrogens (primary N) is 1. The lowest BCUT2D eigenvalue weighted by atomic mass is 9.98. The van der Waals surface area contributed by atoms with E-state index in [2.05, 4.69) is 4.72 Å². The molecule has 2 rings (SSSR count). The molecule has 3 N–H and O–H groups in total. The molecule has 0 aliphatic heterocycles. The first-order valence-electron chi connectivity index (χ1n) is 6.68. The fourth-order valence-corrected chi connectivity index (χ4v) is 3.96. The van der Waals surface area contributed by atoms with Crippen LogP contribution in [-0.2, 0) is 10.0 Å². The minimum Gasteiger partial charge on any atom is -0.495 e. The molecule has 1 saturated carbocycles. The number of hydrogen-bond acceptors (Lipinski definition) is 5. The van der Waals surface area contributed by atoms with Crippen molar-refractivity contribution in [1.82, 2.24) is 4.72 Å². The largest absolute Gasteiger partial charge is 0.495 e. The molecule has 0 aromatic heterocycles. The van der Waals surface area contributed by atoms with Gasteiger partial charge in [0.05, 0.1) is 18.7 Å². The number of methoxy groups -OCH3 is 1. The van der Waals surface area contributed by atoms with E-state index in [-0.39, 0.29) is 35.5 Å². The minimum atomic E-state index is -3.77. The van der Waals surface area contributed by atoms with Gasteiger partial charge in [0.2, 0.25) is 10.0 Å². The Labute approximate surface area is 137 Å². The maximum absolute atomic E-state index is 12.6. The van der Waals surface area contributed by atoms with Crippen LogP contribution >= 0.6 is 12.4 Å². The third-order valence-electron chi connectivity index (χ3n) is 3.85. The van der Waals surface area contributed by atoms with Crippen LogP contribution in [0.25, 0.3) is 0 Å². The van der Waals surface area contributed by atoms with Gasteiger partial charge in [-0.2, -0.15) is 5.26 Å². The zero-order valence-corrected chi connectivity index (χ0v) is 14.1. The van der Waals surface area contributed by atoms with Crippen molar-refractivity contribution < 1.29 is 13.2 Å². The number of halogens is 1. The highest BCUT2D eigenvalue weighted by atomic mass is 35.5. The van der Waals surface area contributed by atoms with E-state index in [1.807, 2.05) is 13.0 Å². The number of benzene rings is 1. The molecule has 1 aromatic carbocycles. The Morgan fingerprint density at radius 3 is 2.59 bits per heavy atom. The normalized spacial score (nSPS) is 17.0. The smallest absolute Gasteiger partial charge is 0.244 e. The number of nitriles is 1. The van der Waals surface area contributed by atoms with E-state index >= 15 is 0 Å². The summed E-state index contributed by atoms with van der Waals surface area (Å²) in [5.41, 5.74) is 5.44. The maximum atomic E-state index is 12.6. The van der Waals surface area contributed by atoms with Gasteiger partial charge in [-0.3, -0.25) is 0 Å². The Kier molecular flexibility index (Phi) is 5.82. The molecule has 0 radical (unpaired) electrons. The van der Waals surface area contributed by atoms with Gasteiger partial charge < -0.3 is 10.5 Å². The van der Waals surface area contributed by atoms with Gasteiger partial charge in [-0.05, 0) is 43.9 Å². The van der Waals surface area contributed by atoms with Crippen molar-refractivity contribution in [3.05, 3.63) is 23.8 Å². The number of nitrogens with one attached hydrogen (secondary N) is 1. The van der Waals surface area contributed by atoms with Crippen molar-refractivity contribution in [2.75, 3.05) is 13.7 Å². The zero-order valence-electron chi connectivity index (χ0n) is 12.5. The first kappa shape index (κ1) is 18.7. The summed E-state index contributed by atoms with van der Waals surface area (Å²) in [5, 5.41) is 8.87. The lowest BCUT2D eigenvalue weighted by molar-refractivity contribution is 0.370. The van der Waals surface area contributed by atoms with E-state index in [0.29, 0.717) is 5.56 Å². The van der Waals surface area contributed by atoms with E-state index < -0.39 is 15.6 Å². The van der Waals surface area contributed by atoms with Gasteiger partial charge in [0.25, 0.3) is 0 Å². The monoisotopic (exact) mass is 345 g/mol. The number of ether oxygens (including phenoxy) is 1. The Hall–Kier alpha value is -1.33. The van der Waals surface area contributed by atoms with Crippen molar-refractivity contribution >= 4 is 22.4 Å². The third-order valence-corrected chi connectivity index (χ3v) is 5.50.